The molecule has 0 bridgehead atoms. The molecule has 5 nitrogen and oxygen atoms in total. The van der Waals surface area contributed by atoms with E-state index in [0.717, 1.165) is 11.3 Å². The number of benzene rings is 2. The number of aryl methyl sites for hydroxylation is 3. The van der Waals surface area contributed by atoms with Crippen molar-refractivity contribution >= 4 is 23.0 Å². The lowest BCUT2D eigenvalue weighted by Crippen LogP contribution is -2.28. The van der Waals surface area contributed by atoms with Crippen LogP contribution in [0.2, 0.25) is 0 Å². The maximum Gasteiger partial charge on any atom is 0.246 e. The van der Waals surface area contributed by atoms with Crippen molar-refractivity contribution in [3.63, 3.8) is 0 Å². The molecule has 0 aliphatic rings. The maximum absolute atomic E-state index is 5.32. The fourth-order valence-electron chi connectivity index (χ4n) is 2.52. The van der Waals surface area contributed by atoms with Gasteiger partial charge in [-0.2, -0.15) is 4.98 Å². The van der Waals surface area contributed by atoms with Gasteiger partial charge in [-0.25, -0.2) is 0 Å². The smallest absolute Gasteiger partial charge is 0.246 e. The molecule has 0 fully saturated rings. The summed E-state index contributed by atoms with van der Waals surface area (Å²) < 4.78 is 5.28. The van der Waals surface area contributed by atoms with E-state index in [4.69, 9.17) is 16.7 Å². The molecule has 0 spiro atoms. The normalized spacial score (nSPS) is 10.5. The summed E-state index contributed by atoms with van der Waals surface area (Å²) in [6, 6.07) is 14.2. The molecular formula is C19H20N4OS. The Hall–Kier alpha value is -2.73. The van der Waals surface area contributed by atoms with Crippen molar-refractivity contribution in [3.8, 4) is 11.4 Å². The lowest BCUT2D eigenvalue weighted by atomic mass is 10.1. The van der Waals surface area contributed by atoms with Gasteiger partial charge in [0.1, 0.15) is 0 Å². The average Bonchev–Trinajstić information content (AvgIpc) is 3.01. The molecule has 0 radical (unpaired) electrons. The topological polar surface area (TPSA) is 63.0 Å². The van der Waals surface area contributed by atoms with Gasteiger partial charge >= 0.3 is 0 Å². The van der Waals surface area contributed by atoms with Crippen molar-refractivity contribution in [3.05, 3.63) is 65.0 Å². The van der Waals surface area contributed by atoms with Crippen LogP contribution < -0.4 is 10.6 Å². The van der Waals surface area contributed by atoms with Gasteiger partial charge in [-0.1, -0.05) is 41.1 Å². The highest BCUT2D eigenvalue weighted by molar-refractivity contribution is 7.80. The molecule has 2 aromatic carbocycles. The van der Waals surface area contributed by atoms with E-state index in [0.29, 0.717) is 23.4 Å². The number of anilines is 1. The quantitative estimate of drug-likeness (QED) is 0.688. The van der Waals surface area contributed by atoms with E-state index in [1.165, 1.54) is 16.7 Å². The highest BCUT2D eigenvalue weighted by atomic mass is 32.1. The van der Waals surface area contributed by atoms with Crippen molar-refractivity contribution in [2.75, 3.05) is 5.32 Å². The third kappa shape index (κ3) is 4.64. The Labute approximate surface area is 152 Å². The zero-order valence-corrected chi connectivity index (χ0v) is 15.3. The summed E-state index contributed by atoms with van der Waals surface area (Å²) in [6.07, 6.45) is 0. The molecule has 0 saturated carbocycles. The third-order valence-electron chi connectivity index (χ3n) is 3.66. The van der Waals surface area contributed by atoms with E-state index in [2.05, 4.69) is 40.7 Å². The minimum absolute atomic E-state index is 0.371. The summed E-state index contributed by atoms with van der Waals surface area (Å²) in [5.41, 5.74) is 5.45. The van der Waals surface area contributed by atoms with Crippen molar-refractivity contribution in [2.24, 2.45) is 0 Å². The molecule has 0 atom stereocenters. The molecule has 128 valence electrons. The van der Waals surface area contributed by atoms with Gasteiger partial charge in [-0.3, -0.25) is 0 Å². The Morgan fingerprint density at radius 1 is 1.00 bits per heavy atom. The SMILES string of the molecule is Cc1ccc(-c2noc(CNC(=S)Nc3cc(C)cc(C)c3)n2)cc1. The first-order valence-electron chi connectivity index (χ1n) is 8.02. The van der Waals surface area contributed by atoms with Gasteiger partial charge in [0, 0.05) is 11.3 Å². The fraction of sp³-hybridized carbons (Fsp3) is 0.211. The van der Waals surface area contributed by atoms with Gasteiger partial charge in [-0.15, -0.1) is 0 Å². The number of thiocarbonyl (C=S) groups is 1. The van der Waals surface area contributed by atoms with Crippen LogP contribution in [-0.4, -0.2) is 15.3 Å². The molecular weight excluding hydrogens is 332 g/mol. The van der Waals surface area contributed by atoms with E-state index >= 15 is 0 Å². The van der Waals surface area contributed by atoms with Crippen LogP contribution in [0.25, 0.3) is 11.4 Å². The van der Waals surface area contributed by atoms with Crippen LogP contribution in [0.3, 0.4) is 0 Å². The van der Waals surface area contributed by atoms with Crippen LogP contribution in [0, 0.1) is 20.8 Å². The lowest BCUT2D eigenvalue weighted by Gasteiger charge is -2.10. The minimum Gasteiger partial charge on any atom is -0.353 e. The second-order valence-corrected chi connectivity index (χ2v) is 6.47. The van der Waals surface area contributed by atoms with Gasteiger partial charge in [0.15, 0.2) is 5.11 Å². The van der Waals surface area contributed by atoms with Gasteiger partial charge in [0.25, 0.3) is 0 Å². The van der Waals surface area contributed by atoms with Gasteiger partial charge in [0.05, 0.1) is 6.54 Å². The Morgan fingerprint density at radius 2 is 1.68 bits per heavy atom. The predicted octanol–water partition coefficient (Wildman–Crippen LogP) is 4.15. The molecule has 1 heterocycles. The number of hydrogen-bond acceptors (Lipinski definition) is 4. The van der Waals surface area contributed by atoms with Gasteiger partial charge < -0.3 is 15.2 Å². The first-order chi connectivity index (χ1) is 12.0. The van der Waals surface area contributed by atoms with Crippen LogP contribution in [0.1, 0.15) is 22.6 Å². The summed E-state index contributed by atoms with van der Waals surface area (Å²) in [6.45, 7) is 6.52. The van der Waals surface area contributed by atoms with Crippen molar-refractivity contribution in [2.45, 2.75) is 27.3 Å². The number of aromatic nitrogens is 2. The molecule has 6 heteroatoms. The zero-order valence-electron chi connectivity index (χ0n) is 14.5. The van der Waals surface area contributed by atoms with Crippen LogP contribution in [0.5, 0.6) is 0 Å². The van der Waals surface area contributed by atoms with Crippen LogP contribution in [0.4, 0.5) is 5.69 Å². The Balaban J connectivity index is 1.58. The van der Waals surface area contributed by atoms with Crippen LogP contribution in [-0.2, 0) is 6.54 Å². The fourth-order valence-corrected chi connectivity index (χ4v) is 2.71. The Morgan fingerprint density at radius 3 is 2.36 bits per heavy atom. The summed E-state index contributed by atoms with van der Waals surface area (Å²) in [4.78, 5) is 4.39. The molecule has 0 aliphatic carbocycles. The monoisotopic (exact) mass is 352 g/mol. The first-order valence-corrected chi connectivity index (χ1v) is 8.43. The largest absolute Gasteiger partial charge is 0.353 e. The maximum atomic E-state index is 5.32. The number of rotatable bonds is 4. The molecule has 0 aliphatic heterocycles. The van der Waals surface area contributed by atoms with E-state index in [1.54, 1.807) is 0 Å². The van der Waals surface area contributed by atoms with Gasteiger partial charge in [0.2, 0.25) is 11.7 Å². The summed E-state index contributed by atoms with van der Waals surface area (Å²) in [5.74, 6) is 1.06. The lowest BCUT2D eigenvalue weighted by molar-refractivity contribution is 0.376. The predicted molar refractivity (Wildman–Crippen MR) is 103 cm³/mol. The number of nitrogens with zero attached hydrogens (tertiary/aromatic N) is 2. The number of nitrogens with one attached hydrogen (secondary N) is 2. The average molecular weight is 352 g/mol. The highest BCUT2D eigenvalue weighted by Gasteiger charge is 2.09. The summed E-state index contributed by atoms with van der Waals surface area (Å²) in [7, 11) is 0. The molecule has 1 aromatic heterocycles. The summed E-state index contributed by atoms with van der Waals surface area (Å²) in [5, 5.41) is 10.8. The van der Waals surface area contributed by atoms with Crippen molar-refractivity contribution in [1.29, 1.82) is 0 Å². The standard InChI is InChI=1S/C19H20N4OS/c1-12-4-6-15(7-5-12)18-22-17(24-23-18)11-20-19(25)21-16-9-13(2)8-14(3)10-16/h4-10H,11H2,1-3H3,(H2,20,21,25). The van der Waals surface area contributed by atoms with Crippen molar-refractivity contribution < 1.29 is 4.52 Å². The molecule has 3 rings (SSSR count). The van der Waals surface area contributed by atoms with Crippen LogP contribution >= 0.6 is 12.2 Å². The summed E-state index contributed by atoms with van der Waals surface area (Å²) >= 11 is 5.32. The molecule has 25 heavy (non-hydrogen) atoms. The zero-order chi connectivity index (χ0) is 17.8. The van der Waals surface area contributed by atoms with E-state index in [-0.39, 0.29) is 0 Å². The van der Waals surface area contributed by atoms with Gasteiger partial charge in [-0.05, 0) is 56.2 Å². The second kappa shape index (κ2) is 7.44. The Kier molecular flexibility index (Phi) is 5.09. The molecule has 0 saturated heterocycles. The minimum atomic E-state index is 0.371. The highest BCUT2D eigenvalue weighted by Crippen LogP contribution is 2.16. The van der Waals surface area contributed by atoms with E-state index in [1.807, 2.05) is 43.3 Å². The van der Waals surface area contributed by atoms with E-state index in [9.17, 15) is 0 Å². The number of hydrogen-bond donors (Lipinski definition) is 2. The van der Waals surface area contributed by atoms with Crippen molar-refractivity contribution in [1.82, 2.24) is 15.5 Å². The molecule has 3 aromatic rings. The molecule has 0 amide bonds. The second-order valence-electron chi connectivity index (χ2n) is 6.06. The molecule has 0 unspecified atom stereocenters. The third-order valence-corrected chi connectivity index (χ3v) is 3.90. The Bertz CT molecular complexity index is 866. The van der Waals surface area contributed by atoms with E-state index < -0.39 is 0 Å². The molecule has 2 N–H and O–H groups in total. The van der Waals surface area contributed by atoms with Crippen LogP contribution in [0.15, 0.2) is 47.0 Å². The first kappa shape index (κ1) is 17.1.